The van der Waals surface area contributed by atoms with Crippen molar-refractivity contribution in [3.8, 4) is 11.5 Å². The van der Waals surface area contributed by atoms with Gasteiger partial charge in [-0.2, -0.15) is 0 Å². The molecule has 10 nitrogen and oxygen atoms in total. The first kappa shape index (κ1) is 21.4. The molecule has 10 heteroatoms. The van der Waals surface area contributed by atoms with Crippen LogP contribution in [0.1, 0.15) is 6.42 Å². The number of ether oxygens (including phenoxy) is 2. The van der Waals surface area contributed by atoms with E-state index >= 15 is 0 Å². The fourth-order valence-corrected chi connectivity index (χ4v) is 3.70. The number of carbonyl (C=O) groups excluding carboxylic acids is 2. The molecule has 1 fully saturated rings. The Balaban J connectivity index is 1.44. The first-order chi connectivity index (χ1) is 15.6. The maximum atomic E-state index is 12.9. The zero-order chi connectivity index (χ0) is 22.5. The number of aliphatic imine (C=N–C) groups is 1. The smallest absolute Gasteiger partial charge is 0.249 e. The van der Waals surface area contributed by atoms with Crippen LogP contribution in [0.25, 0.3) is 0 Å². The molecule has 2 aliphatic rings. The molecule has 1 aromatic heterocycles. The number of guanidine groups is 1. The molecule has 0 saturated carbocycles. The van der Waals surface area contributed by atoms with Crippen molar-refractivity contribution in [2.24, 2.45) is 4.99 Å². The highest BCUT2D eigenvalue weighted by Gasteiger charge is 2.31. The highest BCUT2D eigenvalue weighted by Crippen LogP contribution is 2.29. The van der Waals surface area contributed by atoms with Gasteiger partial charge in [0.25, 0.3) is 0 Å². The van der Waals surface area contributed by atoms with Gasteiger partial charge in [0.05, 0.1) is 26.3 Å². The summed E-state index contributed by atoms with van der Waals surface area (Å²) in [4.78, 5) is 38.3. The summed E-state index contributed by atoms with van der Waals surface area (Å²) in [5.74, 6) is 1.81. The average Bonchev–Trinajstić information content (AvgIpc) is 2.84. The Labute approximate surface area is 186 Å². The Kier molecular flexibility index (Phi) is 6.39. The van der Waals surface area contributed by atoms with Gasteiger partial charge in [0.1, 0.15) is 23.4 Å². The van der Waals surface area contributed by atoms with E-state index < -0.39 is 6.04 Å². The van der Waals surface area contributed by atoms with Crippen molar-refractivity contribution >= 4 is 29.3 Å². The van der Waals surface area contributed by atoms with Crippen LogP contribution in [-0.4, -0.2) is 74.1 Å². The summed E-state index contributed by atoms with van der Waals surface area (Å²) < 4.78 is 10.5. The van der Waals surface area contributed by atoms with Crippen molar-refractivity contribution in [3.05, 3.63) is 42.6 Å². The molecule has 3 heterocycles. The van der Waals surface area contributed by atoms with E-state index in [1.165, 1.54) is 7.11 Å². The van der Waals surface area contributed by atoms with Crippen molar-refractivity contribution in [1.82, 2.24) is 15.2 Å². The lowest BCUT2D eigenvalue weighted by Gasteiger charge is -2.38. The second-order valence-corrected chi connectivity index (χ2v) is 7.44. The van der Waals surface area contributed by atoms with Crippen LogP contribution in [0.15, 0.2) is 47.6 Å². The molecule has 1 unspecified atom stereocenters. The van der Waals surface area contributed by atoms with Gasteiger partial charge in [-0.1, -0.05) is 6.07 Å². The third kappa shape index (κ3) is 4.74. The van der Waals surface area contributed by atoms with Gasteiger partial charge in [-0.3, -0.25) is 14.9 Å². The molecule has 2 aliphatic heterocycles. The second kappa shape index (κ2) is 9.54. The molecular formula is C22H26N6O4. The predicted molar refractivity (Wildman–Crippen MR) is 120 cm³/mol. The van der Waals surface area contributed by atoms with Crippen LogP contribution in [0.2, 0.25) is 0 Å². The van der Waals surface area contributed by atoms with Gasteiger partial charge in [0.15, 0.2) is 0 Å². The second-order valence-electron chi connectivity index (χ2n) is 7.44. The number of hydrogen-bond acceptors (Lipinski definition) is 8. The van der Waals surface area contributed by atoms with E-state index in [0.717, 1.165) is 18.9 Å². The Hall–Kier alpha value is -3.82. The molecule has 0 spiro atoms. The monoisotopic (exact) mass is 438 g/mol. The molecule has 2 aromatic rings. The molecule has 4 rings (SSSR count). The highest BCUT2D eigenvalue weighted by atomic mass is 16.5. The molecular weight excluding hydrogens is 412 g/mol. The average molecular weight is 438 g/mol. The Morgan fingerprint density at radius 1 is 1.09 bits per heavy atom. The van der Waals surface area contributed by atoms with Crippen molar-refractivity contribution < 1.29 is 19.1 Å². The largest absolute Gasteiger partial charge is 0.497 e. The van der Waals surface area contributed by atoms with Crippen LogP contribution in [-0.2, 0) is 9.59 Å². The number of methoxy groups -OCH3 is 2. The number of piperazine rings is 1. The van der Waals surface area contributed by atoms with E-state index in [2.05, 4.69) is 25.5 Å². The van der Waals surface area contributed by atoms with E-state index in [9.17, 15) is 9.59 Å². The minimum Gasteiger partial charge on any atom is -0.497 e. The van der Waals surface area contributed by atoms with Gasteiger partial charge in [0.2, 0.25) is 17.8 Å². The van der Waals surface area contributed by atoms with E-state index in [0.29, 0.717) is 36.2 Å². The number of benzene rings is 1. The van der Waals surface area contributed by atoms with Crippen LogP contribution in [0.4, 0.5) is 11.5 Å². The van der Waals surface area contributed by atoms with Crippen LogP contribution in [0.3, 0.4) is 0 Å². The van der Waals surface area contributed by atoms with Crippen molar-refractivity contribution in [2.45, 2.75) is 12.5 Å². The molecule has 32 heavy (non-hydrogen) atoms. The van der Waals surface area contributed by atoms with Crippen LogP contribution in [0.5, 0.6) is 11.5 Å². The Bertz CT molecular complexity index is 1000. The predicted octanol–water partition coefficient (Wildman–Crippen LogP) is 1.10. The number of rotatable bonds is 5. The summed E-state index contributed by atoms with van der Waals surface area (Å²) in [6.45, 7) is 2.80. The maximum Gasteiger partial charge on any atom is 0.249 e. The molecule has 1 saturated heterocycles. The summed E-state index contributed by atoms with van der Waals surface area (Å²) >= 11 is 0. The summed E-state index contributed by atoms with van der Waals surface area (Å²) in [6.07, 6.45) is 1.75. The first-order valence-corrected chi connectivity index (χ1v) is 10.4. The van der Waals surface area contributed by atoms with Crippen molar-refractivity contribution in [2.75, 3.05) is 50.6 Å². The number of anilines is 2. The number of aromatic nitrogens is 1. The number of nitrogens with one attached hydrogen (secondary N) is 2. The number of carbonyl (C=O) groups is 2. The van der Waals surface area contributed by atoms with Gasteiger partial charge in [-0.25, -0.2) is 9.98 Å². The van der Waals surface area contributed by atoms with Gasteiger partial charge < -0.3 is 24.6 Å². The Morgan fingerprint density at radius 3 is 2.56 bits per heavy atom. The van der Waals surface area contributed by atoms with E-state index in [1.54, 1.807) is 31.5 Å². The minimum absolute atomic E-state index is 0.0183. The molecule has 2 amide bonds. The van der Waals surface area contributed by atoms with Crippen LogP contribution < -0.4 is 25.0 Å². The maximum absolute atomic E-state index is 12.9. The molecule has 0 aliphatic carbocycles. The highest BCUT2D eigenvalue weighted by molar-refractivity contribution is 6.06. The number of amides is 2. The summed E-state index contributed by atoms with van der Waals surface area (Å²) in [5.41, 5.74) is 0.462. The summed E-state index contributed by atoms with van der Waals surface area (Å²) in [6, 6.07) is 10.1. The van der Waals surface area contributed by atoms with Crippen molar-refractivity contribution in [3.63, 3.8) is 0 Å². The van der Waals surface area contributed by atoms with E-state index in [1.807, 2.05) is 23.1 Å². The first-order valence-electron chi connectivity index (χ1n) is 10.4. The minimum atomic E-state index is -0.830. The zero-order valence-corrected chi connectivity index (χ0v) is 18.1. The third-order valence-corrected chi connectivity index (χ3v) is 5.43. The summed E-state index contributed by atoms with van der Waals surface area (Å²) in [5, 5.41) is 5.62. The third-order valence-electron chi connectivity index (χ3n) is 5.43. The lowest BCUT2D eigenvalue weighted by atomic mass is 10.1. The molecule has 1 aromatic carbocycles. The molecule has 1 atom stereocenters. The van der Waals surface area contributed by atoms with Gasteiger partial charge in [0, 0.05) is 38.4 Å². The standard InChI is InChI=1S/C22H26N6O4/c1-31-15-6-7-18(32-2)16(13-15)24-21(30)17-14-20(29)26-22(25-17)28-11-9-27(10-12-28)19-5-3-4-8-23-19/h3-8,13,17H,9-12,14H2,1-2H3,(H,24,30)(H,25,26,29). The quantitative estimate of drug-likeness (QED) is 0.720. The fourth-order valence-electron chi connectivity index (χ4n) is 3.70. The van der Waals surface area contributed by atoms with Gasteiger partial charge in [-0.05, 0) is 24.3 Å². The summed E-state index contributed by atoms with van der Waals surface area (Å²) in [7, 11) is 3.06. The molecule has 168 valence electrons. The molecule has 2 N–H and O–H groups in total. The van der Waals surface area contributed by atoms with Crippen LogP contribution >= 0.6 is 0 Å². The van der Waals surface area contributed by atoms with E-state index in [-0.39, 0.29) is 18.2 Å². The van der Waals surface area contributed by atoms with Crippen LogP contribution in [0, 0.1) is 0 Å². The lowest BCUT2D eigenvalue weighted by molar-refractivity contribution is -0.125. The van der Waals surface area contributed by atoms with Gasteiger partial charge in [-0.15, -0.1) is 0 Å². The molecule has 0 radical (unpaired) electrons. The normalized spacial score (nSPS) is 18.5. The van der Waals surface area contributed by atoms with E-state index in [4.69, 9.17) is 9.47 Å². The topological polar surface area (TPSA) is 108 Å². The Morgan fingerprint density at radius 2 is 1.88 bits per heavy atom. The SMILES string of the molecule is COc1ccc(OC)c(NC(=O)C2CC(=O)NC(N3CCN(c4ccccn4)CC3)=N2)c1. The number of hydrogen-bond donors (Lipinski definition) is 2. The number of nitrogens with zero attached hydrogens (tertiary/aromatic N) is 4. The fraction of sp³-hybridized carbons (Fsp3) is 0.364. The lowest BCUT2D eigenvalue weighted by Crippen LogP contribution is -2.56. The zero-order valence-electron chi connectivity index (χ0n) is 18.1. The van der Waals surface area contributed by atoms with Gasteiger partial charge >= 0.3 is 0 Å². The van der Waals surface area contributed by atoms with Crippen molar-refractivity contribution in [1.29, 1.82) is 0 Å². The number of pyridine rings is 1. The molecule has 0 bridgehead atoms.